The van der Waals surface area contributed by atoms with Gasteiger partial charge in [0.1, 0.15) is 11.4 Å². The number of halogens is 3. The summed E-state index contributed by atoms with van der Waals surface area (Å²) in [6.45, 7) is 0.191. The number of benzene rings is 1. The molecule has 1 aliphatic rings. The Labute approximate surface area is 118 Å². The van der Waals surface area contributed by atoms with E-state index in [2.05, 4.69) is 5.32 Å². The number of nitro benzene ring substituents is 1. The fraction of sp³-hybridized carbons (Fsp3) is 0.417. The summed E-state index contributed by atoms with van der Waals surface area (Å²) in [6, 6.07) is 1.38. The molecule has 0 aliphatic heterocycles. The molecule has 1 amide bonds. The number of hydrogen-bond donors (Lipinski definition) is 1. The molecule has 1 aromatic rings. The number of nitro groups is 1. The molecule has 5 nitrogen and oxygen atoms in total. The van der Waals surface area contributed by atoms with E-state index in [4.69, 9.17) is 11.6 Å². The van der Waals surface area contributed by atoms with Crippen molar-refractivity contribution in [2.24, 2.45) is 5.41 Å². The first kappa shape index (κ1) is 14.6. The highest BCUT2D eigenvalue weighted by Gasteiger charge is 2.42. The first-order chi connectivity index (χ1) is 9.40. The summed E-state index contributed by atoms with van der Waals surface area (Å²) in [5, 5.41) is 12.9. The Balaban J connectivity index is 2.21. The normalized spacial score (nSPS) is 15.8. The van der Waals surface area contributed by atoms with Gasteiger partial charge in [-0.05, 0) is 18.9 Å². The summed E-state index contributed by atoms with van der Waals surface area (Å²) in [6.07, 6.45) is 1.66. The predicted molar refractivity (Wildman–Crippen MR) is 67.7 cm³/mol. The summed E-state index contributed by atoms with van der Waals surface area (Å²) in [5.74, 6) is -3.28. The van der Waals surface area contributed by atoms with Crippen molar-refractivity contribution in [1.82, 2.24) is 5.32 Å². The first-order valence-corrected chi connectivity index (χ1v) is 6.40. The molecule has 1 aliphatic carbocycles. The topological polar surface area (TPSA) is 72.2 Å². The molecule has 0 spiro atoms. The summed E-state index contributed by atoms with van der Waals surface area (Å²) < 4.78 is 27.3. The Bertz CT molecular complexity index is 576. The molecule has 0 unspecified atom stereocenters. The lowest BCUT2D eigenvalue weighted by molar-refractivity contribution is -0.387. The minimum Gasteiger partial charge on any atom is -0.351 e. The third kappa shape index (κ3) is 2.72. The van der Waals surface area contributed by atoms with Gasteiger partial charge in [0, 0.05) is 23.9 Å². The number of alkyl halides is 1. The monoisotopic (exact) mass is 304 g/mol. The van der Waals surface area contributed by atoms with Crippen LogP contribution < -0.4 is 5.32 Å². The Morgan fingerprint density at radius 1 is 1.45 bits per heavy atom. The summed E-state index contributed by atoms with van der Waals surface area (Å²) in [4.78, 5) is 21.4. The molecule has 0 aromatic heterocycles. The minimum atomic E-state index is -1.47. The van der Waals surface area contributed by atoms with Crippen LogP contribution in [0.25, 0.3) is 0 Å². The second-order valence-electron chi connectivity index (χ2n) is 4.83. The fourth-order valence-corrected chi connectivity index (χ4v) is 2.14. The molecule has 8 heteroatoms. The van der Waals surface area contributed by atoms with Crippen molar-refractivity contribution in [2.45, 2.75) is 12.8 Å². The standard InChI is InChI=1S/C12H11ClF2N2O3/c13-5-12(3-4-12)6-16-11(18)9-7(14)1-2-8(10(9)15)17(19)20/h1-2H,3-6H2,(H,16,18). The van der Waals surface area contributed by atoms with E-state index in [0.29, 0.717) is 18.0 Å². The number of nitrogens with one attached hydrogen (secondary N) is 1. The highest BCUT2D eigenvalue weighted by Crippen LogP contribution is 2.45. The van der Waals surface area contributed by atoms with Crippen LogP contribution in [0.1, 0.15) is 23.2 Å². The number of amides is 1. The van der Waals surface area contributed by atoms with Gasteiger partial charge in [-0.1, -0.05) is 0 Å². The van der Waals surface area contributed by atoms with Gasteiger partial charge in [-0.15, -0.1) is 11.6 Å². The largest absolute Gasteiger partial charge is 0.351 e. The van der Waals surface area contributed by atoms with Crippen LogP contribution in [-0.2, 0) is 0 Å². The van der Waals surface area contributed by atoms with Crippen molar-refractivity contribution in [3.05, 3.63) is 39.4 Å². The molecule has 0 saturated heterocycles. The second kappa shape index (κ2) is 5.32. The maximum atomic E-state index is 13.8. The van der Waals surface area contributed by atoms with Gasteiger partial charge in [0.05, 0.1) is 4.92 Å². The lowest BCUT2D eigenvalue weighted by atomic mass is 10.1. The Morgan fingerprint density at radius 3 is 2.60 bits per heavy atom. The second-order valence-corrected chi connectivity index (χ2v) is 5.10. The van der Waals surface area contributed by atoms with Gasteiger partial charge in [0.25, 0.3) is 5.91 Å². The van der Waals surface area contributed by atoms with Gasteiger partial charge in [-0.2, -0.15) is 4.39 Å². The zero-order valence-electron chi connectivity index (χ0n) is 10.3. The predicted octanol–water partition coefficient (Wildman–Crippen LogP) is 2.62. The molecule has 20 heavy (non-hydrogen) atoms. The average molecular weight is 305 g/mol. The van der Waals surface area contributed by atoms with E-state index in [1.54, 1.807) is 0 Å². The van der Waals surface area contributed by atoms with Gasteiger partial charge in [0.15, 0.2) is 0 Å². The lowest BCUT2D eigenvalue weighted by Crippen LogP contribution is -2.32. The molecule has 2 rings (SSSR count). The van der Waals surface area contributed by atoms with Crippen molar-refractivity contribution in [1.29, 1.82) is 0 Å². The smallest absolute Gasteiger partial charge is 0.305 e. The van der Waals surface area contributed by atoms with E-state index in [9.17, 15) is 23.7 Å². The van der Waals surface area contributed by atoms with Crippen molar-refractivity contribution in [3.63, 3.8) is 0 Å². The molecular formula is C12H11ClF2N2O3. The third-order valence-corrected chi connectivity index (χ3v) is 3.93. The van der Waals surface area contributed by atoms with Gasteiger partial charge >= 0.3 is 5.69 Å². The third-order valence-electron chi connectivity index (χ3n) is 3.36. The molecule has 0 bridgehead atoms. The van der Waals surface area contributed by atoms with Crippen LogP contribution in [0, 0.1) is 27.2 Å². The number of rotatable bonds is 5. The molecule has 1 N–H and O–H groups in total. The number of carbonyl (C=O) groups excluding carboxylic acids is 1. The van der Waals surface area contributed by atoms with E-state index < -0.39 is 33.7 Å². The zero-order valence-corrected chi connectivity index (χ0v) is 11.0. The highest BCUT2D eigenvalue weighted by atomic mass is 35.5. The van der Waals surface area contributed by atoms with E-state index >= 15 is 0 Å². The summed E-state index contributed by atoms with van der Waals surface area (Å²) in [7, 11) is 0. The molecule has 1 aromatic carbocycles. The van der Waals surface area contributed by atoms with Gasteiger partial charge in [-0.3, -0.25) is 14.9 Å². The quantitative estimate of drug-likeness (QED) is 0.516. The molecule has 1 saturated carbocycles. The van der Waals surface area contributed by atoms with Crippen LogP contribution in [0.5, 0.6) is 0 Å². The number of hydrogen-bond acceptors (Lipinski definition) is 3. The fourth-order valence-electron chi connectivity index (χ4n) is 1.78. The zero-order chi connectivity index (χ0) is 14.9. The van der Waals surface area contributed by atoms with Crippen molar-refractivity contribution < 1.29 is 18.5 Å². The van der Waals surface area contributed by atoms with Crippen molar-refractivity contribution >= 4 is 23.2 Å². The molecule has 0 atom stereocenters. The van der Waals surface area contributed by atoms with Crippen molar-refractivity contribution in [3.8, 4) is 0 Å². The Kier molecular flexibility index (Phi) is 3.89. The van der Waals surface area contributed by atoms with E-state index in [1.165, 1.54) is 0 Å². The molecule has 108 valence electrons. The van der Waals surface area contributed by atoms with Crippen LogP contribution in [0.3, 0.4) is 0 Å². The Hall–Kier alpha value is -1.76. The minimum absolute atomic E-state index is 0.191. The van der Waals surface area contributed by atoms with Gasteiger partial charge in [-0.25, -0.2) is 4.39 Å². The SMILES string of the molecule is O=C(NCC1(CCl)CC1)c1c(F)ccc([N+](=O)[O-])c1F. The van der Waals surface area contributed by atoms with Crippen LogP contribution in [0.15, 0.2) is 12.1 Å². The van der Waals surface area contributed by atoms with Gasteiger partial charge < -0.3 is 5.32 Å². The first-order valence-electron chi connectivity index (χ1n) is 5.87. The van der Waals surface area contributed by atoms with Crippen molar-refractivity contribution in [2.75, 3.05) is 12.4 Å². The molecule has 0 radical (unpaired) electrons. The molecular weight excluding hydrogens is 294 g/mol. The highest BCUT2D eigenvalue weighted by molar-refractivity contribution is 6.18. The Morgan fingerprint density at radius 2 is 2.10 bits per heavy atom. The number of nitrogens with zero attached hydrogens (tertiary/aromatic N) is 1. The maximum absolute atomic E-state index is 13.8. The van der Waals surface area contributed by atoms with Crippen LogP contribution in [0.4, 0.5) is 14.5 Å². The maximum Gasteiger partial charge on any atom is 0.305 e. The van der Waals surface area contributed by atoms with Crippen LogP contribution >= 0.6 is 11.6 Å². The van der Waals surface area contributed by atoms with Crippen LogP contribution in [0.2, 0.25) is 0 Å². The van der Waals surface area contributed by atoms with Gasteiger partial charge in [0.2, 0.25) is 5.82 Å². The average Bonchev–Trinajstić information content (AvgIpc) is 3.16. The lowest BCUT2D eigenvalue weighted by Gasteiger charge is -2.13. The van der Waals surface area contributed by atoms with E-state index in [1.807, 2.05) is 0 Å². The molecule has 0 heterocycles. The molecule has 1 fully saturated rings. The summed E-state index contributed by atoms with van der Waals surface area (Å²) in [5.41, 5.74) is -2.09. The van der Waals surface area contributed by atoms with E-state index in [-0.39, 0.29) is 12.0 Å². The number of carbonyl (C=O) groups is 1. The summed E-state index contributed by atoms with van der Waals surface area (Å²) >= 11 is 5.73. The van der Waals surface area contributed by atoms with E-state index in [0.717, 1.165) is 12.8 Å². The van der Waals surface area contributed by atoms with Crippen LogP contribution in [-0.4, -0.2) is 23.3 Å².